The van der Waals surface area contributed by atoms with E-state index in [2.05, 4.69) is 4.72 Å². The molecule has 1 atom stereocenters. The summed E-state index contributed by atoms with van der Waals surface area (Å²) in [6, 6.07) is 9.51. The maximum Gasteiger partial charge on any atom is 0.279 e. The van der Waals surface area contributed by atoms with E-state index in [9.17, 15) is 8.42 Å². The van der Waals surface area contributed by atoms with Crippen LogP contribution in [0, 0.1) is 0 Å². The predicted octanol–water partition coefficient (Wildman–Crippen LogP) is 1.91. The van der Waals surface area contributed by atoms with Gasteiger partial charge in [-0.15, -0.1) is 0 Å². The van der Waals surface area contributed by atoms with E-state index in [-0.39, 0.29) is 0 Å². The molecule has 1 heterocycles. The van der Waals surface area contributed by atoms with Gasteiger partial charge in [-0.2, -0.15) is 17.4 Å². The Morgan fingerprint density at radius 1 is 1.33 bits per heavy atom. The van der Waals surface area contributed by atoms with Crippen molar-refractivity contribution in [3.63, 3.8) is 0 Å². The largest absolute Gasteiger partial charge is 0.378 e. The summed E-state index contributed by atoms with van der Waals surface area (Å²) in [5.41, 5.74) is 0.953. The fourth-order valence-electron chi connectivity index (χ4n) is 2.41. The summed E-state index contributed by atoms with van der Waals surface area (Å²) in [5.74, 6) is 0. The topological polar surface area (TPSA) is 58.6 Å². The van der Waals surface area contributed by atoms with E-state index in [1.165, 1.54) is 4.31 Å². The lowest BCUT2D eigenvalue weighted by molar-refractivity contribution is 0.101. The molecule has 0 spiro atoms. The number of nitrogens with zero attached hydrogens (tertiary/aromatic N) is 1. The van der Waals surface area contributed by atoms with Gasteiger partial charge >= 0.3 is 0 Å². The Hall–Kier alpha value is -0.950. The zero-order valence-corrected chi connectivity index (χ0v) is 13.3. The summed E-state index contributed by atoms with van der Waals surface area (Å²) in [5, 5.41) is 0. The normalized spacial score (nSPS) is 19.2. The molecule has 1 aromatic carbocycles. The molecule has 5 nitrogen and oxygen atoms in total. The van der Waals surface area contributed by atoms with Crippen LogP contribution < -0.4 is 4.72 Å². The van der Waals surface area contributed by atoms with Crippen LogP contribution in [0.25, 0.3) is 0 Å². The van der Waals surface area contributed by atoms with Crippen molar-refractivity contribution in [2.24, 2.45) is 0 Å². The second-order valence-electron chi connectivity index (χ2n) is 5.41. The third-order valence-electron chi connectivity index (χ3n) is 3.73. The molecule has 1 aliphatic rings. The van der Waals surface area contributed by atoms with Gasteiger partial charge in [0.15, 0.2) is 0 Å². The van der Waals surface area contributed by atoms with Gasteiger partial charge in [-0.05, 0) is 31.2 Å². The van der Waals surface area contributed by atoms with Crippen molar-refractivity contribution in [2.75, 3.05) is 20.2 Å². The van der Waals surface area contributed by atoms with Crippen LogP contribution in [0.1, 0.15) is 31.2 Å². The summed E-state index contributed by atoms with van der Waals surface area (Å²) in [6.45, 7) is 1.68. The van der Waals surface area contributed by atoms with E-state index in [1.807, 2.05) is 30.3 Å². The highest BCUT2D eigenvalue weighted by atomic mass is 32.2. The predicted molar refractivity (Wildman–Crippen MR) is 83.0 cm³/mol. The Labute approximate surface area is 127 Å². The molecule has 1 saturated heterocycles. The fraction of sp³-hybridized carbons (Fsp3) is 0.600. The first-order chi connectivity index (χ1) is 10.1. The van der Waals surface area contributed by atoms with Crippen LogP contribution in [0.15, 0.2) is 30.3 Å². The van der Waals surface area contributed by atoms with E-state index in [4.69, 9.17) is 4.74 Å². The van der Waals surface area contributed by atoms with Crippen molar-refractivity contribution >= 4 is 10.2 Å². The van der Waals surface area contributed by atoms with Crippen molar-refractivity contribution in [3.8, 4) is 0 Å². The van der Waals surface area contributed by atoms with Crippen LogP contribution in [-0.2, 0) is 21.5 Å². The van der Waals surface area contributed by atoms with Crippen molar-refractivity contribution in [1.82, 2.24) is 9.03 Å². The average molecular weight is 312 g/mol. The third-order valence-corrected chi connectivity index (χ3v) is 5.25. The molecular formula is C15H24N2O3S. The standard InChI is InChI=1S/C15H24N2O3S/c1-17(11-5-9-15-10-6-12-20-15)21(18,19)16-13-14-7-3-2-4-8-14/h2-4,7-8,15-16H,5-6,9-13H2,1H3/t15-/m0/s1. The molecule has 0 aromatic heterocycles. The second kappa shape index (κ2) is 7.89. The van der Waals surface area contributed by atoms with Gasteiger partial charge in [0.05, 0.1) is 6.10 Å². The molecule has 0 unspecified atom stereocenters. The Balaban J connectivity index is 1.72. The second-order valence-corrected chi connectivity index (χ2v) is 7.27. The van der Waals surface area contributed by atoms with Crippen molar-refractivity contribution in [3.05, 3.63) is 35.9 Å². The van der Waals surface area contributed by atoms with Gasteiger partial charge in [0, 0.05) is 26.7 Å². The zero-order valence-electron chi connectivity index (χ0n) is 12.5. The zero-order chi connectivity index (χ0) is 15.1. The fourth-order valence-corrected chi connectivity index (χ4v) is 3.35. The molecule has 0 bridgehead atoms. The molecule has 1 fully saturated rings. The van der Waals surface area contributed by atoms with E-state index < -0.39 is 10.2 Å². The van der Waals surface area contributed by atoms with Crippen LogP contribution in [0.4, 0.5) is 0 Å². The Morgan fingerprint density at radius 2 is 2.10 bits per heavy atom. The SMILES string of the molecule is CN(CCC[C@H]1CCCO1)S(=O)(=O)NCc1ccccc1. The van der Waals surface area contributed by atoms with E-state index in [0.29, 0.717) is 19.2 Å². The van der Waals surface area contributed by atoms with Gasteiger partial charge in [0.1, 0.15) is 0 Å². The first-order valence-corrected chi connectivity index (χ1v) is 8.88. The molecule has 118 valence electrons. The van der Waals surface area contributed by atoms with Crippen molar-refractivity contribution < 1.29 is 13.2 Å². The van der Waals surface area contributed by atoms with E-state index >= 15 is 0 Å². The van der Waals surface area contributed by atoms with Crippen LogP contribution in [0.3, 0.4) is 0 Å². The highest BCUT2D eigenvalue weighted by Gasteiger charge is 2.19. The minimum atomic E-state index is -3.41. The number of hydrogen-bond donors (Lipinski definition) is 1. The first kappa shape index (κ1) is 16.4. The number of hydrogen-bond acceptors (Lipinski definition) is 3. The molecule has 21 heavy (non-hydrogen) atoms. The molecule has 0 amide bonds. The van der Waals surface area contributed by atoms with Gasteiger partial charge in [-0.1, -0.05) is 30.3 Å². The number of ether oxygens (including phenoxy) is 1. The van der Waals surface area contributed by atoms with Crippen molar-refractivity contribution in [1.29, 1.82) is 0 Å². The Kier molecular flexibility index (Phi) is 6.17. The minimum absolute atomic E-state index is 0.318. The van der Waals surface area contributed by atoms with Crippen LogP contribution in [0.2, 0.25) is 0 Å². The lowest BCUT2D eigenvalue weighted by Crippen LogP contribution is -2.38. The Bertz CT molecular complexity index is 513. The number of benzene rings is 1. The molecule has 0 aliphatic carbocycles. The van der Waals surface area contributed by atoms with Crippen LogP contribution in [-0.4, -0.2) is 39.0 Å². The number of nitrogens with one attached hydrogen (secondary N) is 1. The van der Waals surface area contributed by atoms with Gasteiger partial charge in [0.25, 0.3) is 10.2 Å². The summed E-state index contributed by atoms with van der Waals surface area (Å²) < 4.78 is 33.8. The molecule has 1 aromatic rings. The average Bonchev–Trinajstić information content (AvgIpc) is 2.99. The lowest BCUT2D eigenvalue weighted by atomic mass is 10.1. The van der Waals surface area contributed by atoms with Gasteiger partial charge < -0.3 is 4.74 Å². The lowest BCUT2D eigenvalue weighted by Gasteiger charge is -2.18. The highest BCUT2D eigenvalue weighted by Crippen LogP contribution is 2.17. The number of rotatable bonds is 8. The first-order valence-electron chi connectivity index (χ1n) is 7.44. The Morgan fingerprint density at radius 3 is 2.76 bits per heavy atom. The smallest absolute Gasteiger partial charge is 0.279 e. The van der Waals surface area contributed by atoms with E-state index in [0.717, 1.165) is 37.9 Å². The quantitative estimate of drug-likeness (QED) is 0.798. The van der Waals surface area contributed by atoms with E-state index in [1.54, 1.807) is 7.05 Å². The third kappa shape index (κ3) is 5.39. The maximum absolute atomic E-state index is 12.1. The molecule has 1 aliphatic heterocycles. The molecule has 2 rings (SSSR count). The molecule has 6 heteroatoms. The van der Waals surface area contributed by atoms with Crippen LogP contribution in [0.5, 0.6) is 0 Å². The molecule has 0 radical (unpaired) electrons. The summed E-state index contributed by atoms with van der Waals surface area (Å²) in [7, 11) is -1.80. The summed E-state index contributed by atoms with van der Waals surface area (Å²) in [4.78, 5) is 0. The van der Waals surface area contributed by atoms with Gasteiger partial charge in [-0.25, -0.2) is 0 Å². The van der Waals surface area contributed by atoms with Crippen LogP contribution >= 0.6 is 0 Å². The molecule has 0 saturated carbocycles. The van der Waals surface area contributed by atoms with Gasteiger partial charge in [0.2, 0.25) is 0 Å². The molecular weight excluding hydrogens is 288 g/mol. The summed E-state index contributed by atoms with van der Waals surface area (Å²) in [6.07, 6.45) is 4.30. The summed E-state index contributed by atoms with van der Waals surface area (Å²) >= 11 is 0. The minimum Gasteiger partial charge on any atom is -0.378 e. The maximum atomic E-state index is 12.1. The highest BCUT2D eigenvalue weighted by molar-refractivity contribution is 7.87. The van der Waals surface area contributed by atoms with Crippen molar-refractivity contribution in [2.45, 2.75) is 38.3 Å². The molecule has 1 N–H and O–H groups in total. The monoisotopic (exact) mass is 312 g/mol. The van der Waals surface area contributed by atoms with Gasteiger partial charge in [-0.3, -0.25) is 0 Å².